The van der Waals surface area contributed by atoms with E-state index in [4.69, 9.17) is 14.6 Å². The van der Waals surface area contributed by atoms with Crippen molar-refractivity contribution in [3.63, 3.8) is 0 Å². The van der Waals surface area contributed by atoms with Crippen LogP contribution in [0.4, 0.5) is 0 Å². The molecule has 0 spiro atoms. The van der Waals surface area contributed by atoms with Gasteiger partial charge in [-0.15, -0.1) is 0 Å². The number of rotatable bonds is 10. The number of nitrogens with zero attached hydrogens (tertiary/aromatic N) is 1. The van der Waals surface area contributed by atoms with Crippen LogP contribution in [0, 0.1) is 0 Å². The standard InChI is InChI=1S/C26H31NO6/c1-4-12-27-23(18-8-5-10-20(15-18)32-14-7-13-28)22(25(30)26(27)31)24(29)19-9-6-11-21(16-19)33-17(2)3/h5-6,8-11,15-17,23,28-29H,4,7,12-14H2,1-3H3/b24-22-. The molecule has 1 fully saturated rings. The molecule has 2 N–H and O–H groups in total. The van der Waals surface area contributed by atoms with Crippen LogP contribution in [0.1, 0.15) is 50.8 Å². The van der Waals surface area contributed by atoms with E-state index in [-0.39, 0.29) is 24.0 Å². The van der Waals surface area contributed by atoms with E-state index in [0.717, 1.165) is 0 Å². The lowest BCUT2D eigenvalue weighted by Crippen LogP contribution is -2.30. The van der Waals surface area contributed by atoms with E-state index < -0.39 is 17.7 Å². The number of hydrogen-bond donors (Lipinski definition) is 2. The van der Waals surface area contributed by atoms with E-state index >= 15 is 0 Å². The zero-order valence-electron chi connectivity index (χ0n) is 19.3. The maximum Gasteiger partial charge on any atom is 0.295 e. The van der Waals surface area contributed by atoms with Gasteiger partial charge in [0.15, 0.2) is 0 Å². The molecule has 7 heteroatoms. The van der Waals surface area contributed by atoms with Crippen LogP contribution >= 0.6 is 0 Å². The number of aliphatic hydroxyl groups is 2. The fraction of sp³-hybridized carbons (Fsp3) is 0.385. The van der Waals surface area contributed by atoms with Gasteiger partial charge in [-0.25, -0.2) is 0 Å². The number of hydrogen-bond acceptors (Lipinski definition) is 6. The fourth-order valence-corrected chi connectivity index (χ4v) is 3.87. The van der Waals surface area contributed by atoms with Gasteiger partial charge in [0.25, 0.3) is 11.7 Å². The molecule has 2 aromatic carbocycles. The average Bonchev–Trinajstić information content (AvgIpc) is 3.04. The topological polar surface area (TPSA) is 96.3 Å². The molecular formula is C26H31NO6. The first kappa shape index (κ1) is 24.3. The van der Waals surface area contributed by atoms with E-state index in [9.17, 15) is 14.7 Å². The van der Waals surface area contributed by atoms with Crippen LogP contribution in [0.3, 0.4) is 0 Å². The monoisotopic (exact) mass is 453 g/mol. The van der Waals surface area contributed by atoms with Crippen molar-refractivity contribution in [2.75, 3.05) is 19.8 Å². The Morgan fingerprint density at radius 3 is 2.52 bits per heavy atom. The third-order valence-corrected chi connectivity index (χ3v) is 5.23. The third-order valence-electron chi connectivity index (χ3n) is 5.23. The number of amides is 1. The van der Waals surface area contributed by atoms with Gasteiger partial charge in [0.1, 0.15) is 17.3 Å². The molecule has 1 atom stereocenters. The van der Waals surface area contributed by atoms with E-state index in [1.165, 1.54) is 4.90 Å². The second-order valence-corrected chi connectivity index (χ2v) is 8.19. The number of likely N-dealkylation sites (tertiary alicyclic amines) is 1. The zero-order valence-corrected chi connectivity index (χ0v) is 19.3. The molecule has 1 saturated heterocycles. The predicted molar refractivity (Wildman–Crippen MR) is 125 cm³/mol. The molecule has 1 unspecified atom stereocenters. The van der Waals surface area contributed by atoms with Crippen molar-refractivity contribution in [3.8, 4) is 11.5 Å². The zero-order chi connectivity index (χ0) is 24.0. The van der Waals surface area contributed by atoms with Crippen molar-refractivity contribution < 1.29 is 29.3 Å². The molecule has 7 nitrogen and oxygen atoms in total. The number of ketones is 1. The summed E-state index contributed by atoms with van der Waals surface area (Å²) >= 11 is 0. The number of aliphatic hydroxyl groups excluding tert-OH is 2. The second kappa shape index (κ2) is 11.0. The molecule has 0 aromatic heterocycles. The number of carbonyl (C=O) groups excluding carboxylic acids is 2. The van der Waals surface area contributed by atoms with E-state index in [0.29, 0.717) is 48.6 Å². The molecule has 1 amide bonds. The quantitative estimate of drug-likeness (QED) is 0.244. The van der Waals surface area contributed by atoms with Crippen LogP contribution in [0.25, 0.3) is 5.76 Å². The Labute approximate surface area is 194 Å². The minimum absolute atomic E-state index is 0.0238. The van der Waals surface area contributed by atoms with Crippen LogP contribution < -0.4 is 9.47 Å². The summed E-state index contributed by atoms with van der Waals surface area (Å²) in [5.74, 6) is -0.460. The summed E-state index contributed by atoms with van der Waals surface area (Å²) in [4.78, 5) is 27.4. The van der Waals surface area contributed by atoms with Gasteiger partial charge in [-0.05, 0) is 50.1 Å². The lowest BCUT2D eigenvalue weighted by molar-refractivity contribution is -0.139. The highest BCUT2D eigenvalue weighted by molar-refractivity contribution is 6.46. The molecular weight excluding hydrogens is 422 g/mol. The van der Waals surface area contributed by atoms with Crippen LogP contribution in [-0.2, 0) is 9.59 Å². The summed E-state index contributed by atoms with van der Waals surface area (Å²) in [5.41, 5.74) is 1.12. The highest BCUT2D eigenvalue weighted by Crippen LogP contribution is 2.40. The van der Waals surface area contributed by atoms with Gasteiger partial charge in [-0.3, -0.25) is 9.59 Å². The van der Waals surface area contributed by atoms with Crippen LogP contribution in [0.5, 0.6) is 11.5 Å². The Bertz CT molecular complexity index is 1030. The molecule has 1 aliphatic rings. The molecule has 33 heavy (non-hydrogen) atoms. The van der Waals surface area contributed by atoms with Crippen molar-refractivity contribution >= 4 is 17.4 Å². The van der Waals surface area contributed by atoms with Gasteiger partial charge in [0.2, 0.25) is 0 Å². The summed E-state index contributed by atoms with van der Waals surface area (Å²) in [6.07, 6.45) is 1.10. The molecule has 0 saturated carbocycles. The van der Waals surface area contributed by atoms with Crippen LogP contribution in [-0.4, -0.2) is 52.7 Å². The predicted octanol–water partition coefficient (Wildman–Crippen LogP) is 4.07. The van der Waals surface area contributed by atoms with E-state index in [2.05, 4.69) is 0 Å². The van der Waals surface area contributed by atoms with Gasteiger partial charge >= 0.3 is 0 Å². The molecule has 2 aromatic rings. The normalized spacial score (nSPS) is 17.6. The average molecular weight is 454 g/mol. The lowest BCUT2D eigenvalue weighted by Gasteiger charge is -2.25. The van der Waals surface area contributed by atoms with Gasteiger partial charge in [0, 0.05) is 25.1 Å². The lowest BCUT2D eigenvalue weighted by atomic mass is 9.95. The largest absolute Gasteiger partial charge is 0.507 e. The number of Topliss-reactive ketones (excluding diaryl/α,β-unsaturated/α-hetero) is 1. The van der Waals surface area contributed by atoms with Crippen molar-refractivity contribution in [2.24, 2.45) is 0 Å². The Balaban J connectivity index is 2.08. The maximum atomic E-state index is 13.0. The van der Waals surface area contributed by atoms with Gasteiger partial charge in [-0.2, -0.15) is 0 Å². The first-order chi connectivity index (χ1) is 15.9. The highest BCUT2D eigenvalue weighted by atomic mass is 16.5. The second-order valence-electron chi connectivity index (χ2n) is 8.19. The van der Waals surface area contributed by atoms with Gasteiger partial charge in [-0.1, -0.05) is 31.2 Å². The summed E-state index contributed by atoms with van der Waals surface area (Å²) in [6, 6.07) is 13.3. The Hall–Kier alpha value is -3.32. The Kier molecular flexibility index (Phi) is 8.11. The summed E-state index contributed by atoms with van der Waals surface area (Å²) < 4.78 is 11.4. The highest BCUT2D eigenvalue weighted by Gasteiger charge is 2.45. The van der Waals surface area contributed by atoms with Crippen LogP contribution in [0.15, 0.2) is 54.1 Å². The third kappa shape index (κ3) is 5.54. The molecule has 0 bridgehead atoms. The van der Waals surface area contributed by atoms with Crippen molar-refractivity contribution in [3.05, 3.63) is 65.2 Å². The summed E-state index contributed by atoms with van der Waals surface area (Å²) in [6.45, 7) is 6.47. The van der Waals surface area contributed by atoms with Gasteiger partial charge in [0.05, 0.1) is 24.3 Å². The molecule has 3 rings (SSSR count). The van der Waals surface area contributed by atoms with E-state index in [1.54, 1.807) is 42.5 Å². The summed E-state index contributed by atoms with van der Waals surface area (Å²) in [5, 5.41) is 20.2. The smallest absolute Gasteiger partial charge is 0.295 e. The number of ether oxygens (including phenoxy) is 2. The molecule has 176 valence electrons. The SMILES string of the molecule is CCCN1C(=O)C(=O)/C(=C(\O)c2cccc(OC(C)C)c2)C1c1cccc(OCCCO)c1. The minimum Gasteiger partial charge on any atom is -0.507 e. The first-order valence-electron chi connectivity index (χ1n) is 11.3. The Morgan fingerprint density at radius 2 is 1.82 bits per heavy atom. The Morgan fingerprint density at radius 1 is 1.09 bits per heavy atom. The number of benzene rings is 2. The number of carbonyl (C=O) groups is 2. The fourth-order valence-electron chi connectivity index (χ4n) is 3.87. The van der Waals surface area contributed by atoms with Crippen molar-refractivity contribution in [1.29, 1.82) is 0 Å². The molecule has 1 heterocycles. The summed E-state index contributed by atoms with van der Waals surface area (Å²) in [7, 11) is 0. The molecule has 0 radical (unpaired) electrons. The van der Waals surface area contributed by atoms with Gasteiger partial charge < -0.3 is 24.6 Å². The molecule has 0 aliphatic carbocycles. The van der Waals surface area contributed by atoms with Crippen LogP contribution in [0.2, 0.25) is 0 Å². The maximum absolute atomic E-state index is 13.0. The van der Waals surface area contributed by atoms with E-state index in [1.807, 2.05) is 26.8 Å². The van der Waals surface area contributed by atoms with Crippen molar-refractivity contribution in [2.45, 2.75) is 45.8 Å². The minimum atomic E-state index is -0.735. The first-order valence-corrected chi connectivity index (χ1v) is 11.3. The molecule has 1 aliphatic heterocycles. The van der Waals surface area contributed by atoms with Crippen molar-refractivity contribution in [1.82, 2.24) is 4.90 Å².